The smallest absolute Gasteiger partial charge is 0.307 e. The lowest BCUT2D eigenvalue weighted by Gasteiger charge is -2.24. The van der Waals surface area contributed by atoms with Gasteiger partial charge in [-0.15, -0.1) is 0 Å². The van der Waals surface area contributed by atoms with Gasteiger partial charge in [0, 0.05) is 0 Å². The first kappa shape index (κ1) is 13.2. The van der Waals surface area contributed by atoms with E-state index in [2.05, 4.69) is 10.3 Å². The number of hydrogen-bond acceptors (Lipinski definition) is 3. The number of halogens is 1. The van der Waals surface area contributed by atoms with Gasteiger partial charge in [0.1, 0.15) is 0 Å². The highest BCUT2D eigenvalue weighted by atomic mass is 19.1. The number of allylic oxidation sites excluding steroid dienone is 2. The van der Waals surface area contributed by atoms with Crippen LogP contribution >= 0.6 is 0 Å². The number of nitrogens with one attached hydrogen (secondary N) is 1. The SMILES string of the molecule is O=C(O)[C@H]1CC=CC[C@H]1C(=O)Nc1ccc(F)nc1. The summed E-state index contributed by atoms with van der Waals surface area (Å²) in [7, 11) is 0. The first-order valence-corrected chi connectivity index (χ1v) is 5.88. The molecule has 0 radical (unpaired) electrons. The molecule has 0 fully saturated rings. The zero-order valence-electron chi connectivity index (χ0n) is 10.0. The Kier molecular flexibility index (Phi) is 3.89. The number of rotatable bonds is 3. The fraction of sp³-hybridized carbons (Fsp3) is 0.308. The Bertz CT molecular complexity index is 513. The molecule has 100 valence electrons. The maximum absolute atomic E-state index is 12.6. The molecule has 1 amide bonds. The van der Waals surface area contributed by atoms with Gasteiger partial charge in [0.15, 0.2) is 0 Å². The fourth-order valence-corrected chi connectivity index (χ4v) is 2.06. The van der Waals surface area contributed by atoms with E-state index in [9.17, 15) is 14.0 Å². The molecule has 0 bridgehead atoms. The lowest BCUT2D eigenvalue weighted by molar-refractivity contribution is -0.146. The van der Waals surface area contributed by atoms with Gasteiger partial charge in [-0.2, -0.15) is 4.39 Å². The average Bonchev–Trinajstić information content (AvgIpc) is 2.41. The maximum atomic E-state index is 12.6. The monoisotopic (exact) mass is 264 g/mol. The molecule has 0 saturated heterocycles. The third-order valence-corrected chi connectivity index (χ3v) is 3.08. The second-order valence-electron chi connectivity index (χ2n) is 4.35. The van der Waals surface area contributed by atoms with E-state index in [1.807, 2.05) is 0 Å². The molecular weight excluding hydrogens is 251 g/mol. The van der Waals surface area contributed by atoms with E-state index in [1.165, 1.54) is 12.3 Å². The minimum absolute atomic E-state index is 0.342. The summed E-state index contributed by atoms with van der Waals surface area (Å²) in [6, 6.07) is 2.51. The molecule has 1 heterocycles. The molecule has 2 rings (SSSR count). The molecular formula is C13H13FN2O3. The van der Waals surface area contributed by atoms with Crippen LogP contribution in [0.25, 0.3) is 0 Å². The van der Waals surface area contributed by atoms with Gasteiger partial charge in [-0.05, 0) is 25.0 Å². The van der Waals surface area contributed by atoms with Crippen LogP contribution in [0.2, 0.25) is 0 Å². The number of amides is 1. The summed E-state index contributed by atoms with van der Waals surface area (Å²) in [6.45, 7) is 0. The van der Waals surface area contributed by atoms with Crippen molar-refractivity contribution in [3.8, 4) is 0 Å². The van der Waals surface area contributed by atoms with Crippen LogP contribution in [-0.2, 0) is 9.59 Å². The molecule has 6 heteroatoms. The predicted octanol–water partition coefficient (Wildman–Crippen LogP) is 1.83. The Morgan fingerprint density at radius 2 is 1.95 bits per heavy atom. The van der Waals surface area contributed by atoms with Gasteiger partial charge in [0.2, 0.25) is 11.9 Å². The molecule has 1 aliphatic rings. The van der Waals surface area contributed by atoms with Gasteiger partial charge >= 0.3 is 5.97 Å². The number of nitrogens with zero attached hydrogens (tertiary/aromatic N) is 1. The first-order valence-electron chi connectivity index (χ1n) is 5.88. The number of pyridine rings is 1. The summed E-state index contributed by atoms with van der Waals surface area (Å²) < 4.78 is 12.6. The van der Waals surface area contributed by atoms with E-state index in [-0.39, 0.29) is 5.91 Å². The Hall–Kier alpha value is -2.24. The number of hydrogen-bond donors (Lipinski definition) is 2. The zero-order chi connectivity index (χ0) is 13.8. The number of aromatic nitrogens is 1. The minimum Gasteiger partial charge on any atom is -0.481 e. The van der Waals surface area contributed by atoms with Gasteiger partial charge in [-0.25, -0.2) is 4.98 Å². The summed E-state index contributed by atoms with van der Waals surface area (Å²) in [5, 5.41) is 11.6. The standard InChI is InChI=1S/C13H13FN2O3/c14-11-6-5-8(7-15-11)16-12(17)9-3-1-2-4-10(9)13(18)19/h1-2,5-7,9-10H,3-4H2,(H,16,17)(H,18,19)/t9-,10+/m1/s1. The van der Waals surface area contributed by atoms with Crippen molar-refractivity contribution in [2.24, 2.45) is 11.8 Å². The topological polar surface area (TPSA) is 79.3 Å². The van der Waals surface area contributed by atoms with Gasteiger partial charge < -0.3 is 10.4 Å². The van der Waals surface area contributed by atoms with Crippen LogP contribution in [0, 0.1) is 17.8 Å². The normalized spacial score (nSPS) is 21.9. The summed E-state index contributed by atoms with van der Waals surface area (Å²) in [5.74, 6) is -3.35. The van der Waals surface area contributed by atoms with Gasteiger partial charge in [0.25, 0.3) is 0 Å². The van der Waals surface area contributed by atoms with Crippen LogP contribution in [0.3, 0.4) is 0 Å². The van der Waals surface area contributed by atoms with E-state index in [1.54, 1.807) is 12.2 Å². The third kappa shape index (κ3) is 3.15. The minimum atomic E-state index is -0.985. The molecule has 0 saturated carbocycles. The molecule has 1 aromatic heterocycles. The molecule has 5 nitrogen and oxygen atoms in total. The molecule has 0 unspecified atom stereocenters. The Balaban J connectivity index is 2.08. The highest BCUT2D eigenvalue weighted by Crippen LogP contribution is 2.27. The lowest BCUT2D eigenvalue weighted by Crippen LogP contribution is -2.34. The highest BCUT2D eigenvalue weighted by Gasteiger charge is 2.33. The lowest BCUT2D eigenvalue weighted by atomic mass is 9.82. The van der Waals surface area contributed by atoms with Gasteiger partial charge in [-0.3, -0.25) is 9.59 Å². The van der Waals surface area contributed by atoms with Crippen molar-refractivity contribution in [1.29, 1.82) is 0 Å². The Morgan fingerprint density at radius 3 is 2.53 bits per heavy atom. The number of carboxylic acids is 1. The maximum Gasteiger partial charge on any atom is 0.307 e. The predicted molar refractivity (Wildman–Crippen MR) is 65.8 cm³/mol. The van der Waals surface area contributed by atoms with Gasteiger partial charge in [0.05, 0.1) is 23.7 Å². The van der Waals surface area contributed by atoms with Crippen LogP contribution in [0.4, 0.5) is 10.1 Å². The molecule has 0 spiro atoms. The van der Waals surface area contributed by atoms with E-state index >= 15 is 0 Å². The van der Waals surface area contributed by atoms with Crippen molar-refractivity contribution in [2.45, 2.75) is 12.8 Å². The fourth-order valence-electron chi connectivity index (χ4n) is 2.06. The number of carboxylic acid groups (broad SMARTS) is 1. The second-order valence-corrected chi connectivity index (χ2v) is 4.35. The van der Waals surface area contributed by atoms with Crippen molar-refractivity contribution in [3.63, 3.8) is 0 Å². The average molecular weight is 264 g/mol. The van der Waals surface area contributed by atoms with Crippen LogP contribution in [0.1, 0.15) is 12.8 Å². The molecule has 19 heavy (non-hydrogen) atoms. The Labute approximate surface area is 109 Å². The van der Waals surface area contributed by atoms with Crippen molar-refractivity contribution in [1.82, 2.24) is 4.98 Å². The summed E-state index contributed by atoms with van der Waals surface area (Å²) in [5.41, 5.74) is 0.352. The van der Waals surface area contributed by atoms with Crippen molar-refractivity contribution in [3.05, 3.63) is 36.4 Å². The van der Waals surface area contributed by atoms with Crippen molar-refractivity contribution >= 4 is 17.6 Å². The first-order chi connectivity index (χ1) is 9.08. The molecule has 2 N–H and O–H groups in total. The van der Waals surface area contributed by atoms with E-state index in [0.29, 0.717) is 18.5 Å². The van der Waals surface area contributed by atoms with Crippen LogP contribution in [-0.4, -0.2) is 22.0 Å². The van der Waals surface area contributed by atoms with E-state index < -0.39 is 23.8 Å². The van der Waals surface area contributed by atoms with E-state index in [4.69, 9.17) is 5.11 Å². The number of carbonyl (C=O) groups excluding carboxylic acids is 1. The van der Waals surface area contributed by atoms with Crippen LogP contribution in [0.15, 0.2) is 30.5 Å². The second kappa shape index (κ2) is 5.60. The van der Waals surface area contributed by atoms with E-state index in [0.717, 1.165) is 6.07 Å². The largest absolute Gasteiger partial charge is 0.481 e. The number of aliphatic carboxylic acids is 1. The summed E-state index contributed by atoms with van der Waals surface area (Å²) in [4.78, 5) is 26.5. The van der Waals surface area contributed by atoms with Crippen LogP contribution in [0.5, 0.6) is 0 Å². The van der Waals surface area contributed by atoms with Gasteiger partial charge in [-0.1, -0.05) is 12.2 Å². The summed E-state index contributed by atoms with van der Waals surface area (Å²) in [6.07, 6.45) is 5.49. The highest BCUT2D eigenvalue weighted by molar-refractivity contribution is 5.95. The van der Waals surface area contributed by atoms with Crippen molar-refractivity contribution < 1.29 is 19.1 Å². The molecule has 1 aromatic rings. The molecule has 0 aromatic carbocycles. The summed E-state index contributed by atoms with van der Waals surface area (Å²) >= 11 is 0. The third-order valence-electron chi connectivity index (χ3n) is 3.08. The quantitative estimate of drug-likeness (QED) is 0.644. The number of anilines is 1. The van der Waals surface area contributed by atoms with Crippen molar-refractivity contribution in [2.75, 3.05) is 5.32 Å². The molecule has 0 aliphatic heterocycles. The number of carbonyl (C=O) groups is 2. The molecule has 2 atom stereocenters. The van der Waals surface area contributed by atoms with Crippen LogP contribution < -0.4 is 5.32 Å². The Morgan fingerprint density at radius 1 is 1.26 bits per heavy atom. The molecule has 1 aliphatic carbocycles. The zero-order valence-corrected chi connectivity index (χ0v) is 10.0.